The van der Waals surface area contributed by atoms with Crippen molar-refractivity contribution in [2.75, 3.05) is 0 Å². The summed E-state index contributed by atoms with van der Waals surface area (Å²) in [5.41, 5.74) is 0. The molecule has 50 valence electrons. The Kier molecular flexibility index (Phi) is 1.70. The van der Waals surface area contributed by atoms with Crippen LogP contribution in [0.25, 0.3) is 0 Å². The lowest BCUT2D eigenvalue weighted by Crippen LogP contribution is -1.95. The first kappa shape index (κ1) is 6.53. The van der Waals surface area contributed by atoms with Crippen LogP contribution in [-0.2, 0) is 4.79 Å². The highest BCUT2D eigenvalue weighted by atomic mass is 16.1. The largest absolute Gasteiger partial charge is 0.295 e. The molecule has 0 radical (unpaired) electrons. The van der Waals surface area contributed by atoms with Crippen LogP contribution in [0.5, 0.6) is 0 Å². The molecular formula is C8H12O. The fraction of sp³-hybridized carbons (Fsp3) is 0.625. The molecule has 0 aromatic heterocycles. The molecular weight excluding hydrogens is 112 g/mol. The van der Waals surface area contributed by atoms with Gasteiger partial charge in [0.1, 0.15) is 0 Å². The molecule has 1 saturated carbocycles. The molecule has 0 spiro atoms. The molecule has 1 rings (SSSR count). The van der Waals surface area contributed by atoms with Crippen molar-refractivity contribution < 1.29 is 4.79 Å². The molecule has 2 unspecified atom stereocenters. The van der Waals surface area contributed by atoms with Gasteiger partial charge in [-0.1, -0.05) is 13.0 Å². The normalized spacial score (nSPS) is 33.1. The molecule has 0 aromatic carbocycles. The molecule has 1 heteroatoms. The second-order valence-corrected chi connectivity index (χ2v) is 2.72. The Morgan fingerprint density at radius 1 is 1.67 bits per heavy atom. The van der Waals surface area contributed by atoms with Crippen LogP contribution in [-0.4, -0.2) is 5.78 Å². The standard InChI is InChI=1S/C8H12O/c1-3-4-8(9)7-5-6(7)2/h3-4,6-7H,5H2,1-2H3/b4-3+. The van der Waals surface area contributed by atoms with Gasteiger partial charge in [0, 0.05) is 5.92 Å². The van der Waals surface area contributed by atoms with Crippen molar-refractivity contribution in [2.24, 2.45) is 11.8 Å². The van der Waals surface area contributed by atoms with Gasteiger partial charge in [0.05, 0.1) is 0 Å². The average molecular weight is 124 g/mol. The van der Waals surface area contributed by atoms with Gasteiger partial charge in [0.2, 0.25) is 0 Å². The van der Waals surface area contributed by atoms with Gasteiger partial charge in [-0.05, 0) is 25.3 Å². The lowest BCUT2D eigenvalue weighted by Gasteiger charge is -1.84. The molecule has 0 heterocycles. The number of hydrogen-bond donors (Lipinski definition) is 0. The van der Waals surface area contributed by atoms with E-state index in [1.54, 1.807) is 6.08 Å². The van der Waals surface area contributed by atoms with Crippen molar-refractivity contribution >= 4 is 5.78 Å². The first-order valence-corrected chi connectivity index (χ1v) is 3.42. The first-order chi connectivity index (χ1) is 4.25. The Balaban J connectivity index is 2.36. The van der Waals surface area contributed by atoms with E-state index in [4.69, 9.17) is 0 Å². The maximum absolute atomic E-state index is 10.9. The summed E-state index contributed by atoms with van der Waals surface area (Å²) in [4.78, 5) is 10.9. The Bertz CT molecular complexity index is 147. The van der Waals surface area contributed by atoms with Crippen LogP contribution in [0.1, 0.15) is 20.3 Å². The van der Waals surface area contributed by atoms with E-state index >= 15 is 0 Å². The topological polar surface area (TPSA) is 17.1 Å². The van der Waals surface area contributed by atoms with E-state index in [1.165, 1.54) is 0 Å². The van der Waals surface area contributed by atoms with Crippen molar-refractivity contribution in [3.8, 4) is 0 Å². The highest BCUT2D eigenvalue weighted by Gasteiger charge is 2.37. The minimum absolute atomic E-state index is 0.310. The number of hydrogen-bond acceptors (Lipinski definition) is 1. The van der Waals surface area contributed by atoms with Crippen molar-refractivity contribution in [3.05, 3.63) is 12.2 Å². The smallest absolute Gasteiger partial charge is 0.158 e. The Morgan fingerprint density at radius 2 is 2.22 bits per heavy atom. The third-order valence-electron chi connectivity index (χ3n) is 1.81. The van der Waals surface area contributed by atoms with Crippen molar-refractivity contribution in [3.63, 3.8) is 0 Å². The maximum atomic E-state index is 10.9. The maximum Gasteiger partial charge on any atom is 0.158 e. The Hall–Kier alpha value is -0.590. The molecule has 1 aliphatic carbocycles. The summed E-state index contributed by atoms with van der Waals surface area (Å²) in [6.07, 6.45) is 4.59. The third kappa shape index (κ3) is 1.41. The summed E-state index contributed by atoms with van der Waals surface area (Å²) in [6.45, 7) is 4.00. The zero-order valence-corrected chi connectivity index (χ0v) is 5.92. The van der Waals surface area contributed by atoms with Crippen LogP contribution in [0, 0.1) is 11.8 Å². The molecule has 0 N–H and O–H groups in total. The van der Waals surface area contributed by atoms with Crippen LogP contribution in [0.3, 0.4) is 0 Å². The zero-order chi connectivity index (χ0) is 6.85. The van der Waals surface area contributed by atoms with Crippen molar-refractivity contribution in [1.29, 1.82) is 0 Å². The molecule has 1 aliphatic rings. The number of carbonyl (C=O) groups excluding carboxylic acids is 1. The van der Waals surface area contributed by atoms with Gasteiger partial charge in [-0.15, -0.1) is 0 Å². The van der Waals surface area contributed by atoms with Gasteiger partial charge in [0.25, 0.3) is 0 Å². The summed E-state index contributed by atoms with van der Waals surface area (Å²) in [5.74, 6) is 1.32. The van der Waals surface area contributed by atoms with E-state index in [0.29, 0.717) is 17.6 Å². The Labute approximate surface area is 55.8 Å². The lowest BCUT2D eigenvalue weighted by molar-refractivity contribution is -0.115. The summed E-state index contributed by atoms with van der Waals surface area (Å²) >= 11 is 0. The van der Waals surface area contributed by atoms with Crippen LogP contribution in [0.15, 0.2) is 12.2 Å². The van der Waals surface area contributed by atoms with E-state index in [1.807, 2.05) is 13.0 Å². The van der Waals surface area contributed by atoms with E-state index < -0.39 is 0 Å². The average Bonchev–Trinajstić information content (AvgIpc) is 2.47. The summed E-state index contributed by atoms with van der Waals surface area (Å²) in [6, 6.07) is 0. The summed E-state index contributed by atoms with van der Waals surface area (Å²) in [5, 5.41) is 0. The highest BCUT2D eigenvalue weighted by Crippen LogP contribution is 2.38. The molecule has 0 aromatic rings. The minimum Gasteiger partial charge on any atom is -0.295 e. The summed E-state index contributed by atoms with van der Waals surface area (Å²) in [7, 11) is 0. The van der Waals surface area contributed by atoms with Crippen LogP contribution >= 0.6 is 0 Å². The fourth-order valence-corrected chi connectivity index (χ4v) is 1.01. The van der Waals surface area contributed by atoms with Gasteiger partial charge < -0.3 is 0 Å². The van der Waals surface area contributed by atoms with E-state index in [9.17, 15) is 4.79 Å². The molecule has 1 fully saturated rings. The van der Waals surface area contributed by atoms with Gasteiger partial charge in [-0.3, -0.25) is 4.79 Å². The lowest BCUT2D eigenvalue weighted by atomic mass is 10.2. The first-order valence-electron chi connectivity index (χ1n) is 3.42. The second-order valence-electron chi connectivity index (χ2n) is 2.72. The molecule has 9 heavy (non-hydrogen) atoms. The molecule has 0 saturated heterocycles. The number of rotatable bonds is 2. The minimum atomic E-state index is 0.310. The van der Waals surface area contributed by atoms with E-state index in [0.717, 1.165) is 6.42 Å². The van der Waals surface area contributed by atoms with Crippen molar-refractivity contribution in [2.45, 2.75) is 20.3 Å². The highest BCUT2D eigenvalue weighted by molar-refractivity contribution is 5.93. The van der Waals surface area contributed by atoms with Gasteiger partial charge >= 0.3 is 0 Å². The quantitative estimate of drug-likeness (QED) is 0.513. The predicted octanol–water partition coefficient (Wildman–Crippen LogP) is 1.79. The van der Waals surface area contributed by atoms with Crippen molar-refractivity contribution in [1.82, 2.24) is 0 Å². The van der Waals surface area contributed by atoms with E-state index in [2.05, 4.69) is 6.92 Å². The number of ketones is 1. The molecule has 0 amide bonds. The van der Waals surface area contributed by atoms with Crippen LogP contribution < -0.4 is 0 Å². The number of carbonyl (C=O) groups is 1. The molecule has 2 atom stereocenters. The fourth-order valence-electron chi connectivity index (χ4n) is 1.01. The molecule has 0 bridgehead atoms. The van der Waals surface area contributed by atoms with Crippen LogP contribution in [0.4, 0.5) is 0 Å². The monoisotopic (exact) mass is 124 g/mol. The zero-order valence-electron chi connectivity index (χ0n) is 5.92. The second kappa shape index (κ2) is 2.34. The third-order valence-corrected chi connectivity index (χ3v) is 1.81. The molecule has 0 aliphatic heterocycles. The SMILES string of the molecule is C/C=C/C(=O)C1CC1C. The molecule has 1 nitrogen and oxygen atoms in total. The van der Waals surface area contributed by atoms with Gasteiger partial charge in [-0.25, -0.2) is 0 Å². The van der Waals surface area contributed by atoms with E-state index in [-0.39, 0.29) is 0 Å². The summed E-state index contributed by atoms with van der Waals surface area (Å²) < 4.78 is 0. The Morgan fingerprint density at radius 3 is 2.56 bits per heavy atom. The van der Waals surface area contributed by atoms with Gasteiger partial charge in [0.15, 0.2) is 5.78 Å². The van der Waals surface area contributed by atoms with Crippen LogP contribution in [0.2, 0.25) is 0 Å². The number of allylic oxidation sites excluding steroid dienone is 2. The predicted molar refractivity (Wildman–Crippen MR) is 37.1 cm³/mol. The van der Waals surface area contributed by atoms with Gasteiger partial charge in [-0.2, -0.15) is 0 Å².